The lowest BCUT2D eigenvalue weighted by molar-refractivity contribution is 0.359. The Morgan fingerprint density at radius 1 is 1.50 bits per heavy atom. The zero-order chi connectivity index (χ0) is 12.3. The van der Waals surface area contributed by atoms with Gasteiger partial charge in [-0.05, 0) is 31.8 Å². The third-order valence-electron chi connectivity index (χ3n) is 2.31. The van der Waals surface area contributed by atoms with Crippen molar-refractivity contribution in [2.75, 3.05) is 21.2 Å². The summed E-state index contributed by atoms with van der Waals surface area (Å²) in [6.07, 6.45) is 0. The molecule has 0 bridgehead atoms. The summed E-state index contributed by atoms with van der Waals surface area (Å²) in [5, 5.41) is 9.49. The van der Waals surface area contributed by atoms with Crippen LogP contribution in [0.15, 0.2) is 18.2 Å². The molecule has 4 nitrogen and oxygen atoms in total. The first-order valence-electron chi connectivity index (χ1n) is 4.80. The van der Waals surface area contributed by atoms with Gasteiger partial charge in [0.25, 0.3) is 0 Å². The predicted octanol–water partition coefficient (Wildman–Crippen LogP) is 1.29. The fourth-order valence-corrected chi connectivity index (χ4v) is 1.93. The molecule has 1 aromatic rings. The fourth-order valence-electron chi connectivity index (χ4n) is 1.58. The van der Waals surface area contributed by atoms with Crippen molar-refractivity contribution in [3.8, 4) is 11.5 Å². The topological polar surface area (TPSA) is 58.7 Å². The highest BCUT2D eigenvalue weighted by Gasteiger charge is 2.18. The third kappa shape index (κ3) is 2.62. The minimum atomic E-state index is -0.163. The molecule has 0 radical (unpaired) electrons. The van der Waals surface area contributed by atoms with E-state index in [-0.39, 0.29) is 11.8 Å². The number of likely N-dealkylation sites (N-methyl/N-ethyl adjacent to an activating group) is 1. The maximum absolute atomic E-state index is 9.49. The van der Waals surface area contributed by atoms with Crippen molar-refractivity contribution in [3.63, 3.8) is 0 Å². The molecular formula is C11H16N2O2S. The van der Waals surface area contributed by atoms with Crippen LogP contribution in [0.2, 0.25) is 0 Å². The molecule has 1 atom stereocenters. The summed E-state index contributed by atoms with van der Waals surface area (Å²) >= 11 is 5.02. The Labute approximate surface area is 101 Å². The Balaban J connectivity index is 3.15. The number of phenols is 1. The van der Waals surface area contributed by atoms with Crippen LogP contribution in [0, 0.1) is 0 Å². The Morgan fingerprint density at radius 2 is 2.12 bits per heavy atom. The quantitative estimate of drug-likeness (QED) is 0.777. The summed E-state index contributed by atoms with van der Waals surface area (Å²) in [6.45, 7) is 0. The number of ether oxygens (including phenoxy) is 1. The van der Waals surface area contributed by atoms with Gasteiger partial charge in [0.15, 0.2) is 11.5 Å². The molecule has 16 heavy (non-hydrogen) atoms. The van der Waals surface area contributed by atoms with Crippen LogP contribution in [0.5, 0.6) is 11.5 Å². The molecule has 0 amide bonds. The molecule has 0 aliphatic heterocycles. The molecule has 1 aromatic carbocycles. The number of hydrogen-bond donors (Lipinski definition) is 2. The maximum atomic E-state index is 9.49. The molecule has 0 fully saturated rings. The number of nitrogens with zero attached hydrogens (tertiary/aromatic N) is 1. The van der Waals surface area contributed by atoms with Gasteiger partial charge in [-0.3, -0.25) is 4.90 Å². The molecule has 0 spiro atoms. The van der Waals surface area contributed by atoms with E-state index in [1.807, 2.05) is 19.0 Å². The van der Waals surface area contributed by atoms with Crippen LogP contribution < -0.4 is 10.5 Å². The van der Waals surface area contributed by atoms with Crippen LogP contribution in [0.3, 0.4) is 0 Å². The van der Waals surface area contributed by atoms with Gasteiger partial charge in [-0.2, -0.15) is 0 Å². The number of thiocarbonyl (C=S) groups is 1. The van der Waals surface area contributed by atoms with Crippen LogP contribution in [0.1, 0.15) is 11.6 Å². The standard InChI is InChI=1S/C11H16N2O2S/c1-13(2)10(11(12)16)7-4-5-8(14)9(6-7)15-3/h4-6,10,14H,1-3H3,(H2,12,16). The van der Waals surface area contributed by atoms with Crippen molar-refractivity contribution in [1.82, 2.24) is 4.90 Å². The predicted molar refractivity (Wildman–Crippen MR) is 67.9 cm³/mol. The van der Waals surface area contributed by atoms with Gasteiger partial charge >= 0.3 is 0 Å². The van der Waals surface area contributed by atoms with Crippen LogP contribution in [-0.2, 0) is 0 Å². The second kappa shape index (κ2) is 5.14. The van der Waals surface area contributed by atoms with Gasteiger partial charge in [0, 0.05) is 0 Å². The van der Waals surface area contributed by atoms with E-state index < -0.39 is 0 Å². The molecule has 3 N–H and O–H groups in total. The number of rotatable bonds is 4. The molecule has 5 heteroatoms. The first-order valence-corrected chi connectivity index (χ1v) is 5.21. The van der Waals surface area contributed by atoms with Crippen molar-refractivity contribution >= 4 is 17.2 Å². The van der Waals surface area contributed by atoms with Gasteiger partial charge in [0.2, 0.25) is 0 Å². The highest BCUT2D eigenvalue weighted by atomic mass is 32.1. The zero-order valence-corrected chi connectivity index (χ0v) is 10.4. The lowest BCUT2D eigenvalue weighted by Crippen LogP contribution is -2.31. The van der Waals surface area contributed by atoms with Crippen molar-refractivity contribution in [3.05, 3.63) is 23.8 Å². The van der Waals surface area contributed by atoms with E-state index in [9.17, 15) is 5.11 Å². The van der Waals surface area contributed by atoms with E-state index in [2.05, 4.69) is 0 Å². The molecule has 0 heterocycles. The van der Waals surface area contributed by atoms with Gasteiger partial charge in [-0.1, -0.05) is 18.3 Å². The van der Waals surface area contributed by atoms with Crippen molar-refractivity contribution in [1.29, 1.82) is 0 Å². The SMILES string of the molecule is COc1cc(C(C(N)=S)N(C)C)ccc1O. The van der Waals surface area contributed by atoms with E-state index in [0.717, 1.165) is 5.56 Å². The summed E-state index contributed by atoms with van der Waals surface area (Å²) in [7, 11) is 5.29. The van der Waals surface area contributed by atoms with Gasteiger partial charge in [0.1, 0.15) is 0 Å². The molecule has 0 aliphatic carbocycles. The summed E-state index contributed by atoms with van der Waals surface area (Å²) in [5.41, 5.74) is 6.58. The van der Waals surface area contributed by atoms with Crippen LogP contribution in [0.4, 0.5) is 0 Å². The van der Waals surface area contributed by atoms with Crippen molar-refractivity contribution < 1.29 is 9.84 Å². The second-order valence-electron chi connectivity index (χ2n) is 3.70. The average molecular weight is 240 g/mol. The highest BCUT2D eigenvalue weighted by Crippen LogP contribution is 2.30. The molecule has 0 aliphatic rings. The first kappa shape index (κ1) is 12.7. The van der Waals surface area contributed by atoms with Gasteiger partial charge in [-0.15, -0.1) is 0 Å². The van der Waals surface area contributed by atoms with Gasteiger partial charge in [0.05, 0.1) is 18.1 Å². The molecule has 0 saturated heterocycles. The molecular weight excluding hydrogens is 224 g/mol. The molecule has 1 rings (SSSR count). The Morgan fingerprint density at radius 3 is 2.56 bits per heavy atom. The van der Waals surface area contributed by atoms with E-state index in [4.69, 9.17) is 22.7 Å². The third-order valence-corrected chi connectivity index (χ3v) is 2.53. The van der Waals surface area contributed by atoms with E-state index in [1.165, 1.54) is 7.11 Å². The molecule has 88 valence electrons. The lowest BCUT2D eigenvalue weighted by Gasteiger charge is -2.23. The minimum Gasteiger partial charge on any atom is -0.504 e. The number of benzene rings is 1. The number of phenolic OH excluding ortho intramolecular Hbond substituents is 1. The summed E-state index contributed by atoms with van der Waals surface area (Å²) in [4.78, 5) is 2.30. The Hall–Kier alpha value is -1.33. The number of aromatic hydroxyl groups is 1. The smallest absolute Gasteiger partial charge is 0.160 e. The Kier molecular flexibility index (Phi) is 4.09. The van der Waals surface area contributed by atoms with Gasteiger partial charge in [-0.25, -0.2) is 0 Å². The maximum Gasteiger partial charge on any atom is 0.160 e. The van der Waals surface area contributed by atoms with E-state index in [1.54, 1.807) is 18.2 Å². The van der Waals surface area contributed by atoms with E-state index >= 15 is 0 Å². The highest BCUT2D eigenvalue weighted by molar-refractivity contribution is 7.80. The molecule has 1 unspecified atom stereocenters. The van der Waals surface area contributed by atoms with Crippen LogP contribution in [0.25, 0.3) is 0 Å². The second-order valence-corrected chi connectivity index (χ2v) is 4.17. The number of hydrogen-bond acceptors (Lipinski definition) is 4. The normalized spacial score (nSPS) is 12.5. The number of nitrogens with two attached hydrogens (primary N) is 1. The van der Waals surface area contributed by atoms with Crippen LogP contribution >= 0.6 is 12.2 Å². The van der Waals surface area contributed by atoms with Crippen molar-refractivity contribution in [2.45, 2.75) is 6.04 Å². The monoisotopic (exact) mass is 240 g/mol. The molecule has 0 saturated carbocycles. The number of methoxy groups -OCH3 is 1. The molecule has 0 aromatic heterocycles. The Bertz CT molecular complexity index is 394. The first-order chi connectivity index (χ1) is 7.47. The van der Waals surface area contributed by atoms with E-state index in [0.29, 0.717) is 10.7 Å². The minimum absolute atomic E-state index is 0.103. The van der Waals surface area contributed by atoms with Gasteiger partial charge < -0.3 is 15.6 Å². The zero-order valence-electron chi connectivity index (χ0n) is 9.60. The fraction of sp³-hybridized carbons (Fsp3) is 0.364. The summed E-state index contributed by atoms with van der Waals surface area (Å²) in [5.74, 6) is 0.521. The summed E-state index contributed by atoms with van der Waals surface area (Å²) < 4.78 is 5.04. The largest absolute Gasteiger partial charge is 0.504 e. The van der Waals surface area contributed by atoms with Crippen molar-refractivity contribution in [2.24, 2.45) is 5.73 Å². The summed E-state index contributed by atoms with van der Waals surface area (Å²) in [6, 6.07) is 4.92. The lowest BCUT2D eigenvalue weighted by atomic mass is 10.1. The average Bonchev–Trinajstić information content (AvgIpc) is 2.19. The van der Waals surface area contributed by atoms with Crippen LogP contribution in [-0.4, -0.2) is 36.2 Å².